The Morgan fingerprint density at radius 2 is 1.98 bits per heavy atom. The van der Waals surface area contributed by atoms with Gasteiger partial charge in [0, 0.05) is 41.9 Å². The summed E-state index contributed by atoms with van der Waals surface area (Å²) < 4.78 is 58.6. The van der Waals surface area contributed by atoms with E-state index in [0.29, 0.717) is 64.7 Å². The lowest BCUT2D eigenvalue weighted by molar-refractivity contribution is -0.0223. The van der Waals surface area contributed by atoms with E-state index in [0.717, 1.165) is 10.5 Å². The summed E-state index contributed by atoms with van der Waals surface area (Å²) in [6, 6.07) is 4.75. The quantitative estimate of drug-likeness (QED) is 0.250. The van der Waals surface area contributed by atoms with Crippen LogP contribution < -0.4 is 10.6 Å². The molecule has 0 radical (unpaired) electrons. The van der Waals surface area contributed by atoms with E-state index >= 15 is 0 Å². The standard InChI is InChI=1S/C25H27F2N9O4S/c26-25(27)35-8-6-20(34-35)19-11-29-23(9-21(19)31-16-1-2-17(13-37)40-14-16)32-22-5-7-28-24(33-22)15-10-30-36(12-15)41(38,39)18-3-4-18/h5-12,16-18,25,37H,1-4,13-14H2,(H2,28,29,31,32,33)/t16-,17+/m0/s1. The minimum atomic E-state index is -3.52. The maximum atomic E-state index is 13.2. The van der Waals surface area contributed by atoms with E-state index in [2.05, 4.69) is 35.8 Å². The summed E-state index contributed by atoms with van der Waals surface area (Å²) in [4.78, 5) is 13.2. The van der Waals surface area contributed by atoms with Gasteiger partial charge in [-0.2, -0.15) is 23.1 Å². The molecule has 13 nitrogen and oxygen atoms in total. The van der Waals surface area contributed by atoms with Crippen LogP contribution in [0.4, 0.5) is 26.1 Å². The number of ether oxygens (including phenoxy) is 1. The predicted molar refractivity (Wildman–Crippen MR) is 144 cm³/mol. The molecule has 2 atom stereocenters. The SMILES string of the molecule is O=S(=O)(C1CC1)n1cc(-c2nccc(Nc3cc(N[C@H]4CC[C@H](CO)OC4)c(-c4ccn(C(F)F)n4)cn3)n2)cn1. The molecule has 41 heavy (non-hydrogen) atoms. The van der Waals surface area contributed by atoms with Crippen molar-refractivity contribution in [3.05, 3.63) is 49.2 Å². The predicted octanol–water partition coefficient (Wildman–Crippen LogP) is 3.03. The summed E-state index contributed by atoms with van der Waals surface area (Å²) in [6.45, 7) is -2.46. The van der Waals surface area contributed by atoms with Crippen molar-refractivity contribution in [2.45, 2.75) is 49.6 Å². The first kappa shape index (κ1) is 27.2. The summed E-state index contributed by atoms with van der Waals surface area (Å²) in [5.74, 6) is 1.08. The maximum absolute atomic E-state index is 13.2. The van der Waals surface area contributed by atoms with E-state index in [-0.39, 0.29) is 24.6 Å². The van der Waals surface area contributed by atoms with Crippen molar-refractivity contribution in [1.82, 2.24) is 33.9 Å². The largest absolute Gasteiger partial charge is 0.394 e. The third-order valence-electron chi connectivity index (χ3n) is 6.86. The number of rotatable bonds is 10. The van der Waals surface area contributed by atoms with Crippen molar-refractivity contribution < 1.29 is 27.0 Å². The molecule has 0 aromatic carbocycles. The average molecular weight is 588 g/mol. The molecule has 216 valence electrons. The van der Waals surface area contributed by atoms with Crippen LogP contribution in [0.25, 0.3) is 22.6 Å². The molecule has 2 aliphatic rings. The van der Waals surface area contributed by atoms with E-state index in [9.17, 15) is 22.3 Å². The molecule has 5 heterocycles. The molecule has 0 spiro atoms. The number of hydrogen-bond donors (Lipinski definition) is 3. The number of nitrogens with one attached hydrogen (secondary N) is 2. The Morgan fingerprint density at radius 3 is 2.68 bits per heavy atom. The third-order valence-corrected chi connectivity index (χ3v) is 8.89. The molecule has 1 aliphatic heterocycles. The lowest BCUT2D eigenvalue weighted by Gasteiger charge is -2.29. The van der Waals surface area contributed by atoms with Crippen molar-refractivity contribution in [2.24, 2.45) is 0 Å². The van der Waals surface area contributed by atoms with E-state index < -0.39 is 21.8 Å². The van der Waals surface area contributed by atoms with Gasteiger partial charge in [-0.3, -0.25) is 0 Å². The van der Waals surface area contributed by atoms with Crippen LogP contribution in [0.5, 0.6) is 0 Å². The van der Waals surface area contributed by atoms with Crippen LogP contribution in [0.2, 0.25) is 0 Å². The highest BCUT2D eigenvalue weighted by Crippen LogP contribution is 2.32. The van der Waals surface area contributed by atoms with Crippen LogP contribution in [-0.2, 0) is 14.8 Å². The van der Waals surface area contributed by atoms with E-state index in [1.165, 1.54) is 37.1 Å². The van der Waals surface area contributed by atoms with Gasteiger partial charge in [0.1, 0.15) is 11.6 Å². The van der Waals surface area contributed by atoms with E-state index in [4.69, 9.17) is 4.74 Å². The second kappa shape index (κ2) is 11.1. The first-order valence-electron chi connectivity index (χ1n) is 13.0. The zero-order valence-corrected chi connectivity index (χ0v) is 22.5. The minimum Gasteiger partial charge on any atom is -0.394 e. The van der Waals surface area contributed by atoms with Crippen molar-refractivity contribution in [3.8, 4) is 22.6 Å². The Labute approximate surface area is 233 Å². The highest BCUT2D eigenvalue weighted by molar-refractivity contribution is 7.90. The zero-order chi connectivity index (χ0) is 28.6. The zero-order valence-electron chi connectivity index (χ0n) is 21.6. The van der Waals surface area contributed by atoms with Crippen LogP contribution in [0.1, 0.15) is 32.2 Å². The fraction of sp³-hybridized carbons (Fsp3) is 0.400. The Kier molecular flexibility index (Phi) is 7.35. The summed E-state index contributed by atoms with van der Waals surface area (Å²) in [6.07, 6.45) is 9.50. The fourth-order valence-electron chi connectivity index (χ4n) is 4.50. The molecule has 16 heteroatoms. The molecular weight excluding hydrogens is 560 g/mol. The molecule has 0 amide bonds. The Hall–Kier alpha value is -4.02. The Bertz CT molecular complexity index is 1630. The molecule has 3 N–H and O–H groups in total. The fourth-order valence-corrected chi connectivity index (χ4v) is 5.97. The maximum Gasteiger partial charge on any atom is 0.333 e. The van der Waals surface area contributed by atoms with Crippen LogP contribution >= 0.6 is 0 Å². The van der Waals surface area contributed by atoms with Gasteiger partial charge in [-0.25, -0.2) is 28.1 Å². The number of alkyl halides is 2. The molecule has 1 saturated carbocycles. The van der Waals surface area contributed by atoms with Crippen molar-refractivity contribution in [2.75, 3.05) is 23.8 Å². The highest BCUT2D eigenvalue weighted by Gasteiger charge is 2.37. The molecule has 0 bridgehead atoms. The summed E-state index contributed by atoms with van der Waals surface area (Å²) >= 11 is 0. The van der Waals surface area contributed by atoms with E-state index in [1.807, 2.05) is 0 Å². The van der Waals surface area contributed by atoms with Gasteiger partial charge < -0.3 is 20.5 Å². The first-order chi connectivity index (χ1) is 19.8. The van der Waals surface area contributed by atoms with Gasteiger partial charge in [-0.05, 0) is 37.8 Å². The second-order valence-corrected chi connectivity index (χ2v) is 11.9. The first-order valence-corrected chi connectivity index (χ1v) is 14.5. The molecule has 1 saturated heterocycles. The lowest BCUT2D eigenvalue weighted by Crippen LogP contribution is -2.36. The normalized spacial score (nSPS) is 19.4. The van der Waals surface area contributed by atoms with Gasteiger partial charge in [0.15, 0.2) is 5.82 Å². The molecule has 6 rings (SSSR count). The minimum absolute atomic E-state index is 0.0512. The molecule has 2 fully saturated rings. The highest BCUT2D eigenvalue weighted by atomic mass is 32.2. The smallest absolute Gasteiger partial charge is 0.333 e. The number of aromatic nitrogens is 7. The number of anilines is 3. The topological polar surface area (TPSA) is 162 Å². The van der Waals surface area contributed by atoms with Gasteiger partial charge in [0.2, 0.25) is 0 Å². The number of aliphatic hydroxyl groups is 1. The van der Waals surface area contributed by atoms with Crippen molar-refractivity contribution in [3.63, 3.8) is 0 Å². The number of aliphatic hydroxyl groups excluding tert-OH is 1. The summed E-state index contributed by atoms with van der Waals surface area (Å²) in [5, 5.41) is 23.5. The molecular formula is C25H27F2N9O4S. The van der Waals surface area contributed by atoms with E-state index in [1.54, 1.807) is 12.1 Å². The number of pyridine rings is 1. The van der Waals surface area contributed by atoms with Gasteiger partial charge >= 0.3 is 6.55 Å². The van der Waals surface area contributed by atoms with Crippen molar-refractivity contribution >= 4 is 27.3 Å². The Morgan fingerprint density at radius 1 is 1.12 bits per heavy atom. The van der Waals surface area contributed by atoms with Gasteiger partial charge in [-0.15, -0.1) is 0 Å². The van der Waals surface area contributed by atoms with Gasteiger partial charge in [0.25, 0.3) is 10.0 Å². The van der Waals surface area contributed by atoms with Crippen LogP contribution in [0.15, 0.2) is 49.2 Å². The van der Waals surface area contributed by atoms with Gasteiger partial charge in [-0.1, -0.05) is 0 Å². The Balaban J connectivity index is 1.25. The van der Waals surface area contributed by atoms with Gasteiger partial charge in [0.05, 0.1) is 48.2 Å². The summed E-state index contributed by atoms with van der Waals surface area (Å²) in [5.41, 5.74) is 1.88. The number of halogens is 2. The molecule has 4 aromatic heterocycles. The molecule has 4 aromatic rings. The van der Waals surface area contributed by atoms with Crippen LogP contribution in [0.3, 0.4) is 0 Å². The average Bonchev–Trinajstić information content (AvgIpc) is 3.51. The lowest BCUT2D eigenvalue weighted by atomic mass is 10.0. The second-order valence-electron chi connectivity index (χ2n) is 9.87. The molecule has 0 unspecified atom stereocenters. The number of nitrogens with zero attached hydrogens (tertiary/aromatic N) is 7. The summed E-state index contributed by atoms with van der Waals surface area (Å²) in [7, 11) is -3.52. The van der Waals surface area contributed by atoms with Crippen LogP contribution in [-0.4, -0.2) is 78.1 Å². The molecule has 1 aliphatic carbocycles. The van der Waals surface area contributed by atoms with Crippen LogP contribution in [0, 0.1) is 0 Å². The van der Waals surface area contributed by atoms with Crippen molar-refractivity contribution in [1.29, 1.82) is 0 Å². The monoisotopic (exact) mass is 587 g/mol. The third kappa shape index (κ3) is 5.89. The number of hydrogen-bond acceptors (Lipinski definition) is 11.